The van der Waals surface area contributed by atoms with Crippen LogP contribution in [0.1, 0.15) is 34.5 Å². The highest BCUT2D eigenvalue weighted by atomic mass is 32.1. The number of hydrogen-bond donors (Lipinski definition) is 1. The van der Waals surface area contributed by atoms with Crippen molar-refractivity contribution in [3.63, 3.8) is 0 Å². The van der Waals surface area contributed by atoms with Crippen LogP contribution in [0.3, 0.4) is 0 Å². The van der Waals surface area contributed by atoms with Crippen LogP contribution in [0, 0.1) is 13.8 Å². The van der Waals surface area contributed by atoms with E-state index in [0.717, 1.165) is 6.54 Å². The molecule has 1 unspecified atom stereocenters. The Kier molecular flexibility index (Phi) is 3.92. The van der Waals surface area contributed by atoms with Gasteiger partial charge in [-0.15, -0.1) is 11.3 Å². The van der Waals surface area contributed by atoms with Crippen molar-refractivity contribution in [2.75, 3.05) is 0 Å². The summed E-state index contributed by atoms with van der Waals surface area (Å²) in [4.78, 5) is 1.46. The fourth-order valence-electron chi connectivity index (χ4n) is 2.53. The molecule has 2 aromatic heterocycles. The predicted octanol–water partition coefficient (Wildman–Crippen LogP) is 5.43. The molecule has 0 saturated heterocycles. The number of benzene rings is 1. The molecule has 0 aliphatic heterocycles. The SMILES string of the molecule is Cc1cscc1CNC(C)c1sc2ccccc2c1C. The zero-order chi connectivity index (χ0) is 14.1. The summed E-state index contributed by atoms with van der Waals surface area (Å²) in [7, 11) is 0. The van der Waals surface area contributed by atoms with Crippen LogP contribution in [-0.2, 0) is 6.54 Å². The number of fused-ring (bicyclic) bond motifs is 1. The quantitative estimate of drug-likeness (QED) is 0.677. The Morgan fingerprint density at radius 2 is 1.95 bits per heavy atom. The molecule has 1 aromatic carbocycles. The first kappa shape index (κ1) is 13.8. The van der Waals surface area contributed by atoms with Gasteiger partial charge in [0.25, 0.3) is 0 Å². The van der Waals surface area contributed by atoms with E-state index in [0.29, 0.717) is 6.04 Å². The Morgan fingerprint density at radius 3 is 2.65 bits per heavy atom. The van der Waals surface area contributed by atoms with Crippen LogP contribution in [0.5, 0.6) is 0 Å². The van der Waals surface area contributed by atoms with Gasteiger partial charge in [-0.3, -0.25) is 0 Å². The number of aryl methyl sites for hydroxylation is 2. The van der Waals surface area contributed by atoms with Crippen LogP contribution in [-0.4, -0.2) is 0 Å². The van der Waals surface area contributed by atoms with Crippen molar-refractivity contribution < 1.29 is 0 Å². The summed E-state index contributed by atoms with van der Waals surface area (Å²) in [6.07, 6.45) is 0. The van der Waals surface area contributed by atoms with Crippen molar-refractivity contribution in [1.29, 1.82) is 0 Å². The van der Waals surface area contributed by atoms with Crippen molar-refractivity contribution in [3.05, 3.63) is 56.6 Å². The molecule has 1 nitrogen and oxygen atoms in total. The Balaban J connectivity index is 1.80. The molecule has 1 atom stereocenters. The van der Waals surface area contributed by atoms with E-state index in [9.17, 15) is 0 Å². The zero-order valence-corrected chi connectivity index (χ0v) is 13.7. The van der Waals surface area contributed by atoms with E-state index < -0.39 is 0 Å². The lowest BCUT2D eigenvalue weighted by Gasteiger charge is -2.13. The van der Waals surface area contributed by atoms with E-state index in [2.05, 4.69) is 61.1 Å². The lowest BCUT2D eigenvalue weighted by Crippen LogP contribution is -2.17. The maximum Gasteiger partial charge on any atom is 0.0391 e. The van der Waals surface area contributed by atoms with Crippen molar-refractivity contribution >= 4 is 32.8 Å². The second kappa shape index (κ2) is 5.68. The molecule has 1 N–H and O–H groups in total. The van der Waals surface area contributed by atoms with Crippen molar-refractivity contribution in [1.82, 2.24) is 5.32 Å². The molecule has 0 amide bonds. The first-order valence-corrected chi connectivity index (χ1v) is 8.66. The first-order valence-electron chi connectivity index (χ1n) is 6.90. The minimum absolute atomic E-state index is 0.395. The van der Waals surface area contributed by atoms with Crippen LogP contribution in [0.15, 0.2) is 35.0 Å². The van der Waals surface area contributed by atoms with Crippen molar-refractivity contribution in [2.45, 2.75) is 33.4 Å². The van der Waals surface area contributed by atoms with Gasteiger partial charge in [-0.25, -0.2) is 0 Å². The van der Waals surface area contributed by atoms with E-state index >= 15 is 0 Å². The molecule has 0 saturated carbocycles. The third-order valence-corrected chi connectivity index (χ3v) is 6.20. The molecule has 3 aromatic rings. The predicted molar refractivity (Wildman–Crippen MR) is 90.9 cm³/mol. The molecule has 0 radical (unpaired) electrons. The number of rotatable bonds is 4. The standard InChI is InChI=1S/C17H19NS2/c1-11-9-19-10-14(11)8-18-13(3)17-12(2)15-6-4-5-7-16(15)20-17/h4-7,9-10,13,18H,8H2,1-3H3. The molecule has 2 heterocycles. The van der Waals surface area contributed by atoms with Gasteiger partial charge in [-0.2, -0.15) is 11.3 Å². The maximum absolute atomic E-state index is 3.66. The average Bonchev–Trinajstić information content (AvgIpc) is 3.01. The Bertz CT molecular complexity index is 724. The monoisotopic (exact) mass is 301 g/mol. The molecule has 104 valence electrons. The molecule has 3 rings (SSSR count). The minimum Gasteiger partial charge on any atom is -0.305 e. The summed E-state index contributed by atoms with van der Waals surface area (Å²) in [5, 5.41) is 9.51. The molecular weight excluding hydrogens is 282 g/mol. The lowest BCUT2D eigenvalue weighted by molar-refractivity contribution is 0.580. The Morgan fingerprint density at radius 1 is 1.15 bits per heavy atom. The average molecular weight is 301 g/mol. The third kappa shape index (κ3) is 2.53. The normalized spacial score (nSPS) is 12.9. The minimum atomic E-state index is 0.395. The highest BCUT2D eigenvalue weighted by Crippen LogP contribution is 2.34. The fraction of sp³-hybridized carbons (Fsp3) is 0.294. The van der Waals surface area contributed by atoms with Crippen LogP contribution in [0.25, 0.3) is 10.1 Å². The van der Waals surface area contributed by atoms with E-state index in [1.165, 1.54) is 31.7 Å². The summed E-state index contributed by atoms with van der Waals surface area (Å²) < 4.78 is 1.39. The van der Waals surface area contributed by atoms with Crippen LogP contribution >= 0.6 is 22.7 Å². The van der Waals surface area contributed by atoms with Gasteiger partial charge >= 0.3 is 0 Å². The summed E-state index contributed by atoms with van der Waals surface area (Å²) in [5.41, 5.74) is 4.23. The van der Waals surface area contributed by atoms with Crippen molar-refractivity contribution in [2.24, 2.45) is 0 Å². The van der Waals surface area contributed by atoms with E-state index in [1.54, 1.807) is 11.3 Å². The van der Waals surface area contributed by atoms with Gasteiger partial charge in [0.2, 0.25) is 0 Å². The number of nitrogens with one attached hydrogen (secondary N) is 1. The first-order chi connectivity index (χ1) is 9.66. The zero-order valence-electron chi connectivity index (χ0n) is 12.1. The maximum atomic E-state index is 3.66. The second-order valence-corrected chi connectivity index (χ2v) is 7.10. The Hall–Kier alpha value is -1.16. The van der Waals surface area contributed by atoms with Gasteiger partial charge in [0.1, 0.15) is 0 Å². The van der Waals surface area contributed by atoms with E-state index in [-0.39, 0.29) is 0 Å². The summed E-state index contributed by atoms with van der Waals surface area (Å²) in [5.74, 6) is 0. The fourth-order valence-corrected chi connectivity index (χ4v) is 4.62. The third-order valence-electron chi connectivity index (χ3n) is 3.83. The largest absolute Gasteiger partial charge is 0.305 e. The van der Waals surface area contributed by atoms with Gasteiger partial charge in [0.15, 0.2) is 0 Å². The lowest BCUT2D eigenvalue weighted by atomic mass is 10.1. The van der Waals surface area contributed by atoms with Crippen LogP contribution in [0.2, 0.25) is 0 Å². The van der Waals surface area contributed by atoms with E-state index in [1.807, 2.05) is 11.3 Å². The summed E-state index contributed by atoms with van der Waals surface area (Å²) in [6, 6.07) is 9.08. The molecule has 0 bridgehead atoms. The molecule has 0 aliphatic rings. The number of hydrogen-bond acceptors (Lipinski definition) is 3. The van der Waals surface area contributed by atoms with Gasteiger partial charge in [-0.1, -0.05) is 18.2 Å². The van der Waals surface area contributed by atoms with Gasteiger partial charge in [0, 0.05) is 22.2 Å². The molecule has 3 heteroatoms. The molecule has 0 spiro atoms. The second-order valence-electron chi connectivity index (χ2n) is 5.27. The highest BCUT2D eigenvalue weighted by Gasteiger charge is 2.14. The van der Waals surface area contributed by atoms with Gasteiger partial charge < -0.3 is 5.32 Å². The van der Waals surface area contributed by atoms with E-state index in [4.69, 9.17) is 0 Å². The molecule has 0 aliphatic carbocycles. The van der Waals surface area contributed by atoms with Crippen LogP contribution in [0.4, 0.5) is 0 Å². The van der Waals surface area contributed by atoms with Gasteiger partial charge in [0.05, 0.1) is 0 Å². The topological polar surface area (TPSA) is 12.0 Å². The van der Waals surface area contributed by atoms with Crippen molar-refractivity contribution in [3.8, 4) is 0 Å². The Labute approximate surface area is 128 Å². The highest BCUT2D eigenvalue weighted by molar-refractivity contribution is 7.19. The van der Waals surface area contributed by atoms with Gasteiger partial charge in [-0.05, 0) is 59.7 Å². The smallest absolute Gasteiger partial charge is 0.0391 e. The molecule has 0 fully saturated rings. The summed E-state index contributed by atoms with van der Waals surface area (Å²) >= 11 is 3.70. The summed E-state index contributed by atoms with van der Waals surface area (Å²) in [6.45, 7) is 7.63. The number of thiophene rings is 2. The molecular formula is C17H19NS2. The molecule has 20 heavy (non-hydrogen) atoms. The van der Waals surface area contributed by atoms with Crippen LogP contribution < -0.4 is 5.32 Å².